The molecule has 2 aromatic carbocycles. The topological polar surface area (TPSA) is 84.9 Å². The zero-order valence-corrected chi connectivity index (χ0v) is 20.5. The quantitative estimate of drug-likeness (QED) is 0.336. The summed E-state index contributed by atoms with van der Waals surface area (Å²) in [6, 6.07) is 15.3. The second kappa shape index (κ2) is 14.1. The van der Waals surface area contributed by atoms with Crippen LogP contribution in [0.2, 0.25) is 0 Å². The summed E-state index contributed by atoms with van der Waals surface area (Å²) in [5, 5.41) is 3.25. The molecule has 1 unspecified atom stereocenters. The summed E-state index contributed by atoms with van der Waals surface area (Å²) in [6.45, 7) is 5.90. The number of carbonyl (C=O) groups excluding carboxylic acids is 3. The Hall–Kier alpha value is -3.35. The zero-order valence-electron chi connectivity index (χ0n) is 20.5. The van der Waals surface area contributed by atoms with Gasteiger partial charge in [-0.05, 0) is 55.0 Å². The molecule has 1 N–H and O–H groups in total. The number of nitrogens with zero attached hydrogens (tertiary/aromatic N) is 1. The van der Waals surface area contributed by atoms with Gasteiger partial charge in [0.15, 0.2) is 0 Å². The average molecular weight is 480 g/mol. The van der Waals surface area contributed by atoms with Crippen LogP contribution in [0.4, 0.5) is 5.69 Å². The minimum Gasteiger partial charge on any atom is -0.462 e. The number of esters is 1. The molecule has 1 amide bonds. The van der Waals surface area contributed by atoms with E-state index >= 15 is 0 Å². The van der Waals surface area contributed by atoms with Gasteiger partial charge < -0.3 is 19.7 Å². The molecule has 1 heterocycles. The number of piperidine rings is 1. The third-order valence-corrected chi connectivity index (χ3v) is 6.16. The number of nitrogens with one attached hydrogen (secondary N) is 1. The highest BCUT2D eigenvalue weighted by molar-refractivity contribution is 5.89. The fraction of sp³-hybridized carbons (Fsp3) is 0.464. The molecule has 1 atom stereocenters. The molecule has 0 aromatic heterocycles. The Balaban J connectivity index is 1.58. The van der Waals surface area contributed by atoms with Crippen molar-refractivity contribution in [2.45, 2.75) is 57.9 Å². The van der Waals surface area contributed by atoms with E-state index in [0.29, 0.717) is 12.0 Å². The molecular weight excluding hydrogens is 444 g/mol. The van der Waals surface area contributed by atoms with Gasteiger partial charge in [-0.25, -0.2) is 9.59 Å². The summed E-state index contributed by atoms with van der Waals surface area (Å²) in [5.74, 6) is -0.493. The third-order valence-electron chi connectivity index (χ3n) is 6.16. The van der Waals surface area contributed by atoms with Gasteiger partial charge in [0.2, 0.25) is 5.91 Å². The normalized spacial score (nSPS) is 14.1. The molecule has 0 aliphatic carbocycles. The lowest BCUT2D eigenvalue weighted by molar-refractivity contribution is -0.121. The van der Waals surface area contributed by atoms with Gasteiger partial charge in [-0.3, -0.25) is 4.79 Å². The lowest BCUT2D eigenvalue weighted by atomic mass is 9.98. The Kier molecular flexibility index (Phi) is 10.6. The Bertz CT molecular complexity index is 954. The maximum Gasteiger partial charge on any atom is 0.417 e. The highest BCUT2D eigenvalue weighted by Gasteiger charge is 2.21. The van der Waals surface area contributed by atoms with Gasteiger partial charge >= 0.3 is 12.4 Å². The molecule has 0 spiro atoms. The lowest BCUT2D eigenvalue weighted by Gasteiger charge is -2.32. The van der Waals surface area contributed by atoms with Gasteiger partial charge in [-0.15, -0.1) is 0 Å². The minimum absolute atomic E-state index is 0.0410. The van der Waals surface area contributed by atoms with Crippen LogP contribution in [0.15, 0.2) is 48.5 Å². The Morgan fingerprint density at radius 2 is 1.77 bits per heavy atom. The van der Waals surface area contributed by atoms with Crippen molar-refractivity contribution in [3.05, 3.63) is 65.2 Å². The van der Waals surface area contributed by atoms with Gasteiger partial charge in [-0.1, -0.05) is 43.7 Å². The molecule has 1 saturated heterocycles. The molecule has 35 heavy (non-hydrogen) atoms. The third kappa shape index (κ3) is 8.12. The number of carbonyl (C=O) groups is 2. The Morgan fingerprint density at radius 3 is 2.49 bits per heavy atom. The smallest absolute Gasteiger partial charge is 0.417 e. The van der Waals surface area contributed by atoms with Crippen LogP contribution in [0.1, 0.15) is 73.0 Å². The predicted molar refractivity (Wildman–Crippen MR) is 135 cm³/mol. The van der Waals surface area contributed by atoms with Crippen LogP contribution in [0, 0.1) is 0 Å². The Labute approximate surface area is 207 Å². The molecule has 187 valence electrons. The summed E-state index contributed by atoms with van der Waals surface area (Å²) in [5.41, 5.74) is 3.65. The average Bonchev–Trinajstić information content (AvgIpc) is 2.89. The second-order valence-electron chi connectivity index (χ2n) is 8.81. The van der Waals surface area contributed by atoms with Crippen LogP contribution in [-0.4, -0.2) is 44.7 Å². The first-order valence-electron chi connectivity index (χ1n) is 12.5. The predicted octanol–water partition coefficient (Wildman–Crippen LogP) is 4.51. The summed E-state index contributed by atoms with van der Waals surface area (Å²) < 4.78 is 9.60. The monoisotopic (exact) mass is 479 g/mol. The maximum atomic E-state index is 12.9. The molecular formula is C28H35N2O5. The van der Waals surface area contributed by atoms with Crippen LogP contribution in [-0.2, 0) is 25.5 Å². The van der Waals surface area contributed by atoms with Crippen molar-refractivity contribution in [3.63, 3.8) is 0 Å². The maximum absolute atomic E-state index is 12.9. The van der Waals surface area contributed by atoms with Crippen LogP contribution in [0.3, 0.4) is 0 Å². The lowest BCUT2D eigenvalue weighted by Crippen LogP contribution is -2.34. The van der Waals surface area contributed by atoms with E-state index in [0.717, 1.165) is 31.5 Å². The van der Waals surface area contributed by atoms with E-state index in [1.807, 2.05) is 6.07 Å². The number of hydrogen-bond donors (Lipinski definition) is 1. The standard InChI is InChI=1S/C28H35N2O5/c1-2-9-25(24-10-4-5-11-26(24)30-16-6-3-7-17-30)29-27(32)20-22-12-14-23(15-13-22)28(33)35-19-8-18-34-21-31/h4-5,10-15,25H,2-3,6-9,16-20H2,1H3,(H,29,32). The zero-order chi connectivity index (χ0) is 24.9. The van der Waals surface area contributed by atoms with Crippen molar-refractivity contribution in [2.75, 3.05) is 31.2 Å². The molecule has 1 aliphatic rings. The summed E-state index contributed by atoms with van der Waals surface area (Å²) in [7, 11) is 0. The van der Waals surface area contributed by atoms with Gasteiger partial charge in [0.25, 0.3) is 0 Å². The van der Waals surface area contributed by atoms with Crippen molar-refractivity contribution in [1.29, 1.82) is 0 Å². The van der Waals surface area contributed by atoms with Crippen molar-refractivity contribution in [3.8, 4) is 0 Å². The van der Waals surface area contributed by atoms with Gasteiger partial charge in [-0.2, -0.15) is 0 Å². The van der Waals surface area contributed by atoms with E-state index in [1.165, 1.54) is 37.0 Å². The minimum atomic E-state index is -0.451. The molecule has 0 saturated carbocycles. The molecule has 1 radical (unpaired) electrons. The summed E-state index contributed by atoms with van der Waals surface area (Å²) >= 11 is 0. The summed E-state index contributed by atoms with van der Waals surface area (Å²) in [6.07, 6.45) is 6.18. The van der Waals surface area contributed by atoms with Crippen LogP contribution in [0.5, 0.6) is 0 Å². The fourth-order valence-electron chi connectivity index (χ4n) is 4.41. The number of ether oxygens (including phenoxy) is 2. The van der Waals surface area contributed by atoms with E-state index in [2.05, 4.69) is 40.1 Å². The Morgan fingerprint density at radius 1 is 1.03 bits per heavy atom. The number of hydrogen-bond acceptors (Lipinski definition) is 6. The first kappa shape index (κ1) is 26.3. The number of anilines is 1. The molecule has 7 heteroatoms. The van der Waals surface area contributed by atoms with Gasteiger partial charge in [0.05, 0.1) is 31.2 Å². The summed E-state index contributed by atoms with van der Waals surface area (Å²) in [4.78, 5) is 37.5. The fourth-order valence-corrected chi connectivity index (χ4v) is 4.41. The van der Waals surface area contributed by atoms with Crippen molar-refractivity contribution >= 4 is 24.0 Å². The number of benzene rings is 2. The molecule has 7 nitrogen and oxygen atoms in total. The van der Waals surface area contributed by atoms with E-state index in [1.54, 1.807) is 24.3 Å². The first-order chi connectivity index (χ1) is 17.1. The SMILES string of the molecule is CCCC(NC(=O)Cc1ccc(C(=O)OCCCO[C]=O)cc1)c1ccccc1N1CCCCC1. The molecule has 1 aliphatic heterocycles. The highest BCUT2D eigenvalue weighted by Crippen LogP contribution is 2.31. The van der Waals surface area contributed by atoms with E-state index in [-0.39, 0.29) is 31.6 Å². The molecule has 0 bridgehead atoms. The molecule has 3 rings (SSSR count). The first-order valence-corrected chi connectivity index (χ1v) is 12.5. The van der Waals surface area contributed by atoms with Crippen molar-refractivity contribution in [1.82, 2.24) is 5.32 Å². The second-order valence-corrected chi connectivity index (χ2v) is 8.81. The molecule has 2 aromatic rings. The number of rotatable bonds is 13. The van der Waals surface area contributed by atoms with E-state index in [9.17, 15) is 14.4 Å². The van der Waals surface area contributed by atoms with E-state index in [4.69, 9.17) is 4.74 Å². The number of para-hydroxylation sites is 1. The van der Waals surface area contributed by atoms with Crippen LogP contribution >= 0.6 is 0 Å². The van der Waals surface area contributed by atoms with Crippen LogP contribution < -0.4 is 10.2 Å². The van der Waals surface area contributed by atoms with Crippen LogP contribution in [0.25, 0.3) is 0 Å². The molecule has 1 fully saturated rings. The van der Waals surface area contributed by atoms with Crippen molar-refractivity contribution in [2.24, 2.45) is 0 Å². The van der Waals surface area contributed by atoms with Crippen molar-refractivity contribution < 1.29 is 23.9 Å². The highest BCUT2D eigenvalue weighted by atomic mass is 16.5. The van der Waals surface area contributed by atoms with E-state index < -0.39 is 5.97 Å². The van der Waals surface area contributed by atoms with Gasteiger partial charge in [0, 0.05) is 25.2 Å². The largest absolute Gasteiger partial charge is 0.462 e. The van der Waals surface area contributed by atoms with Gasteiger partial charge in [0.1, 0.15) is 0 Å². The number of amides is 1.